The smallest absolute Gasteiger partial charge is 0.379 e. The molecule has 6 heteroatoms. The summed E-state index contributed by atoms with van der Waals surface area (Å²) in [5.74, 6) is -5.19. The van der Waals surface area contributed by atoms with Crippen LogP contribution in [0.3, 0.4) is 0 Å². The molecule has 2 atom stereocenters. The van der Waals surface area contributed by atoms with Gasteiger partial charge in [0.2, 0.25) is 5.78 Å². The van der Waals surface area contributed by atoms with Gasteiger partial charge in [-0.1, -0.05) is 54.6 Å². The number of rotatable bonds is 3. The monoisotopic (exact) mass is 378 g/mol. The Hall–Kier alpha value is -3.25. The van der Waals surface area contributed by atoms with E-state index in [-0.39, 0.29) is 41.3 Å². The highest BCUT2D eigenvalue weighted by Gasteiger charge is 2.53. The number of carbonyl (C=O) groups excluding carboxylic acids is 3. The molecular formula is C22H18O6. The molecule has 0 spiro atoms. The second-order valence-electron chi connectivity index (χ2n) is 6.72. The molecule has 0 bridgehead atoms. The van der Waals surface area contributed by atoms with Crippen LogP contribution in [0.5, 0.6) is 0 Å². The second-order valence-corrected chi connectivity index (χ2v) is 6.72. The first kappa shape index (κ1) is 18.1. The van der Waals surface area contributed by atoms with E-state index in [4.69, 9.17) is 9.47 Å². The van der Waals surface area contributed by atoms with Gasteiger partial charge in [0, 0.05) is 23.5 Å². The van der Waals surface area contributed by atoms with E-state index >= 15 is 0 Å². The Kier molecular flexibility index (Phi) is 4.35. The standard InChI is InChI=1S/C22H18O6/c1-2-27-21(25)22(26)12-16(13-8-4-3-5-9-13)17-18(23)14-10-6-7-11-15(14)19(24)20(17)28-22/h3-11,16,26H,2,12H2,1H3/t16-,22?/m0/s1. The third-order valence-electron chi connectivity index (χ3n) is 5.01. The minimum absolute atomic E-state index is 0.0438. The molecule has 0 saturated carbocycles. The normalized spacial score (nSPS) is 23.6. The molecule has 2 aliphatic rings. The lowest BCUT2D eigenvalue weighted by atomic mass is 9.75. The second kappa shape index (κ2) is 6.73. The highest BCUT2D eigenvalue weighted by molar-refractivity contribution is 6.27. The third-order valence-corrected chi connectivity index (χ3v) is 5.01. The van der Waals surface area contributed by atoms with Gasteiger partial charge < -0.3 is 14.6 Å². The molecule has 1 heterocycles. The van der Waals surface area contributed by atoms with Crippen molar-refractivity contribution in [2.75, 3.05) is 6.61 Å². The number of allylic oxidation sites excluding steroid dienone is 2. The highest BCUT2D eigenvalue weighted by atomic mass is 16.7. The van der Waals surface area contributed by atoms with Crippen LogP contribution in [0.1, 0.15) is 45.5 Å². The van der Waals surface area contributed by atoms with E-state index in [0.717, 1.165) is 0 Å². The zero-order valence-electron chi connectivity index (χ0n) is 15.2. The maximum atomic E-state index is 13.2. The fraction of sp³-hybridized carbons (Fsp3) is 0.227. The first-order valence-electron chi connectivity index (χ1n) is 9.02. The van der Waals surface area contributed by atoms with Crippen LogP contribution in [0.2, 0.25) is 0 Å². The summed E-state index contributed by atoms with van der Waals surface area (Å²) in [5.41, 5.74) is 1.33. The summed E-state index contributed by atoms with van der Waals surface area (Å²) in [6, 6.07) is 15.4. The van der Waals surface area contributed by atoms with E-state index < -0.39 is 23.5 Å². The minimum Gasteiger partial charge on any atom is -0.461 e. The Morgan fingerprint density at radius 1 is 1.07 bits per heavy atom. The van der Waals surface area contributed by atoms with Crippen molar-refractivity contribution in [3.63, 3.8) is 0 Å². The molecule has 1 N–H and O–H groups in total. The van der Waals surface area contributed by atoms with E-state index in [0.29, 0.717) is 5.56 Å². The number of hydrogen-bond acceptors (Lipinski definition) is 6. The molecule has 1 aliphatic carbocycles. The Labute approximate surface area is 161 Å². The molecule has 0 saturated heterocycles. The first-order chi connectivity index (χ1) is 13.5. The number of esters is 1. The minimum atomic E-state index is -2.35. The number of benzene rings is 2. The lowest BCUT2D eigenvalue weighted by Gasteiger charge is -2.39. The maximum absolute atomic E-state index is 13.2. The third kappa shape index (κ3) is 2.73. The summed E-state index contributed by atoms with van der Waals surface area (Å²) in [7, 11) is 0. The number of Topliss-reactive ketones (excluding diaryl/α,β-unsaturated/α-hetero) is 2. The number of carbonyl (C=O) groups is 3. The Morgan fingerprint density at radius 3 is 2.32 bits per heavy atom. The zero-order valence-corrected chi connectivity index (χ0v) is 15.2. The number of hydrogen-bond donors (Lipinski definition) is 1. The Morgan fingerprint density at radius 2 is 1.68 bits per heavy atom. The Balaban J connectivity index is 1.90. The van der Waals surface area contributed by atoms with E-state index in [1.807, 2.05) is 6.07 Å². The van der Waals surface area contributed by atoms with E-state index in [1.165, 1.54) is 6.07 Å². The van der Waals surface area contributed by atoms with Gasteiger partial charge in [-0.25, -0.2) is 4.79 Å². The van der Waals surface area contributed by atoms with Gasteiger partial charge in [0.05, 0.1) is 12.2 Å². The summed E-state index contributed by atoms with van der Waals surface area (Å²) in [5, 5.41) is 10.9. The van der Waals surface area contributed by atoms with Crippen molar-refractivity contribution < 1.29 is 29.0 Å². The number of aliphatic hydroxyl groups is 1. The van der Waals surface area contributed by atoms with Gasteiger partial charge in [-0.15, -0.1) is 0 Å². The van der Waals surface area contributed by atoms with Gasteiger partial charge >= 0.3 is 11.8 Å². The van der Waals surface area contributed by atoms with Crippen LogP contribution < -0.4 is 0 Å². The van der Waals surface area contributed by atoms with Gasteiger partial charge in [0.1, 0.15) is 0 Å². The molecular weight excluding hydrogens is 360 g/mol. The largest absolute Gasteiger partial charge is 0.461 e. The van der Waals surface area contributed by atoms with Crippen molar-refractivity contribution in [3.8, 4) is 0 Å². The van der Waals surface area contributed by atoms with Crippen LogP contribution in [-0.2, 0) is 14.3 Å². The number of fused-ring (bicyclic) bond motifs is 1. The molecule has 6 nitrogen and oxygen atoms in total. The highest BCUT2D eigenvalue weighted by Crippen LogP contribution is 2.45. The molecule has 0 radical (unpaired) electrons. The molecule has 142 valence electrons. The SMILES string of the molecule is CCOC(=O)C1(O)C[C@@H](c2ccccc2)C2=C(O1)C(=O)c1ccccc1C2=O. The van der Waals surface area contributed by atoms with Crippen molar-refractivity contribution in [2.45, 2.75) is 25.0 Å². The molecule has 28 heavy (non-hydrogen) atoms. The van der Waals surface area contributed by atoms with Gasteiger partial charge in [0.25, 0.3) is 0 Å². The van der Waals surface area contributed by atoms with Gasteiger partial charge in [-0.3, -0.25) is 9.59 Å². The summed E-state index contributed by atoms with van der Waals surface area (Å²) < 4.78 is 10.4. The van der Waals surface area contributed by atoms with Crippen LogP contribution in [0, 0.1) is 0 Å². The summed E-state index contributed by atoms with van der Waals surface area (Å²) in [6.45, 7) is 1.65. The van der Waals surface area contributed by atoms with Gasteiger partial charge in [-0.05, 0) is 12.5 Å². The average Bonchev–Trinajstić information content (AvgIpc) is 2.72. The van der Waals surface area contributed by atoms with E-state index in [2.05, 4.69) is 0 Å². The van der Waals surface area contributed by atoms with Crippen LogP contribution in [-0.4, -0.2) is 35.0 Å². The van der Waals surface area contributed by atoms with Gasteiger partial charge in [-0.2, -0.15) is 0 Å². The van der Waals surface area contributed by atoms with E-state index in [9.17, 15) is 19.5 Å². The van der Waals surface area contributed by atoms with Gasteiger partial charge in [0.15, 0.2) is 11.5 Å². The molecule has 4 rings (SSSR count). The molecule has 2 aromatic rings. The summed E-state index contributed by atoms with van der Waals surface area (Å²) in [6.07, 6.45) is -0.226. The topological polar surface area (TPSA) is 89.9 Å². The lowest BCUT2D eigenvalue weighted by Crippen LogP contribution is -2.49. The molecule has 0 amide bonds. The fourth-order valence-electron chi connectivity index (χ4n) is 3.72. The molecule has 0 aromatic heterocycles. The first-order valence-corrected chi connectivity index (χ1v) is 9.02. The quantitative estimate of drug-likeness (QED) is 0.826. The van der Waals surface area contributed by atoms with Crippen molar-refractivity contribution in [1.82, 2.24) is 0 Å². The van der Waals surface area contributed by atoms with Crippen molar-refractivity contribution in [3.05, 3.63) is 82.6 Å². The number of ketones is 2. The predicted octanol–water partition coefficient (Wildman–Crippen LogP) is 2.78. The molecule has 1 unspecified atom stereocenters. The fourth-order valence-corrected chi connectivity index (χ4v) is 3.72. The molecule has 2 aromatic carbocycles. The van der Waals surface area contributed by atoms with Crippen molar-refractivity contribution >= 4 is 17.5 Å². The van der Waals surface area contributed by atoms with E-state index in [1.54, 1.807) is 49.4 Å². The average molecular weight is 378 g/mol. The molecule has 0 fully saturated rings. The summed E-state index contributed by atoms with van der Waals surface area (Å²) in [4.78, 5) is 38.6. The predicted molar refractivity (Wildman–Crippen MR) is 98.6 cm³/mol. The Bertz CT molecular complexity index is 1010. The van der Waals surface area contributed by atoms with Crippen molar-refractivity contribution in [1.29, 1.82) is 0 Å². The number of ether oxygens (including phenoxy) is 2. The summed E-state index contributed by atoms with van der Waals surface area (Å²) >= 11 is 0. The van der Waals surface area contributed by atoms with Crippen LogP contribution >= 0.6 is 0 Å². The van der Waals surface area contributed by atoms with Crippen LogP contribution in [0.4, 0.5) is 0 Å². The van der Waals surface area contributed by atoms with Crippen LogP contribution in [0.25, 0.3) is 0 Å². The lowest BCUT2D eigenvalue weighted by molar-refractivity contribution is -0.220. The zero-order chi connectivity index (χ0) is 19.9. The maximum Gasteiger partial charge on any atom is 0.379 e. The molecule has 1 aliphatic heterocycles. The van der Waals surface area contributed by atoms with Crippen LogP contribution in [0.15, 0.2) is 65.9 Å². The van der Waals surface area contributed by atoms with Crippen molar-refractivity contribution in [2.24, 2.45) is 0 Å².